The van der Waals surface area contributed by atoms with Crippen LogP contribution in [0, 0.1) is 0 Å². The second kappa shape index (κ2) is 6.07. The van der Waals surface area contributed by atoms with Crippen LogP contribution < -0.4 is 25.5 Å². The van der Waals surface area contributed by atoms with E-state index in [9.17, 15) is 0 Å². The minimum atomic E-state index is 0.441. The molecule has 0 radical (unpaired) electrons. The highest BCUT2D eigenvalue weighted by Crippen LogP contribution is 2.40. The zero-order chi connectivity index (χ0) is 14.5. The van der Waals surface area contributed by atoms with E-state index in [1.807, 2.05) is 0 Å². The third-order valence-electron chi connectivity index (χ3n) is 2.74. The largest absolute Gasteiger partial charge is 0.496 e. The molecule has 0 saturated heterocycles. The molecule has 0 aliphatic heterocycles. The van der Waals surface area contributed by atoms with Crippen LogP contribution in [0.3, 0.4) is 0 Å². The number of nitrogens with one attached hydrogen (secondary N) is 1. The number of methoxy groups -OCH3 is 3. The van der Waals surface area contributed by atoms with E-state index in [0.717, 1.165) is 0 Å². The number of nitrogens with two attached hydrogens (primary N) is 1. The van der Waals surface area contributed by atoms with Gasteiger partial charge in [-0.2, -0.15) is 0 Å². The third-order valence-corrected chi connectivity index (χ3v) is 2.74. The van der Waals surface area contributed by atoms with Crippen molar-refractivity contribution in [3.05, 3.63) is 24.4 Å². The average molecular weight is 276 g/mol. The Kier molecular flexibility index (Phi) is 4.21. The molecule has 1 heterocycles. The summed E-state index contributed by atoms with van der Waals surface area (Å²) in [6.45, 7) is 0. The van der Waals surface area contributed by atoms with Crippen molar-refractivity contribution >= 4 is 5.82 Å². The summed E-state index contributed by atoms with van der Waals surface area (Å²) in [6, 6.07) is 5.14. The molecule has 0 bridgehead atoms. The number of hydrazine groups is 1. The van der Waals surface area contributed by atoms with Gasteiger partial charge in [-0.15, -0.1) is 0 Å². The molecule has 0 saturated carbocycles. The molecule has 2 aromatic rings. The Balaban J connectivity index is 2.64. The van der Waals surface area contributed by atoms with Gasteiger partial charge in [-0.3, -0.25) is 0 Å². The highest BCUT2D eigenvalue weighted by atomic mass is 16.5. The molecule has 0 aliphatic carbocycles. The molecule has 7 nitrogen and oxygen atoms in total. The number of rotatable bonds is 5. The Labute approximate surface area is 116 Å². The number of nitrogen functional groups attached to an aromatic ring is 1. The molecule has 1 aromatic carbocycles. The van der Waals surface area contributed by atoms with E-state index in [0.29, 0.717) is 34.5 Å². The summed E-state index contributed by atoms with van der Waals surface area (Å²) in [5.41, 5.74) is 3.11. The molecule has 7 heteroatoms. The molecule has 0 unspecified atom stereocenters. The Morgan fingerprint density at radius 2 is 1.70 bits per heavy atom. The first-order valence-electron chi connectivity index (χ1n) is 5.83. The van der Waals surface area contributed by atoms with Gasteiger partial charge in [-0.05, 0) is 0 Å². The van der Waals surface area contributed by atoms with E-state index in [4.69, 9.17) is 20.1 Å². The average Bonchev–Trinajstić information content (AvgIpc) is 2.53. The summed E-state index contributed by atoms with van der Waals surface area (Å²) < 4.78 is 15.9. The number of nitrogens with zero attached hydrogens (tertiary/aromatic N) is 2. The van der Waals surface area contributed by atoms with Crippen molar-refractivity contribution in [3.63, 3.8) is 0 Å². The lowest BCUT2D eigenvalue weighted by molar-refractivity contribution is 0.377. The van der Waals surface area contributed by atoms with Crippen LogP contribution in [-0.2, 0) is 0 Å². The van der Waals surface area contributed by atoms with Crippen molar-refractivity contribution in [3.8, 4) is 28.6 Å². The summed E-state index contributed by atoms with van der Waals surface area (Å²) in [4.78, 5) is 8.51. The van der Waals surface area contributed by atoms with E-state index >= 15 is 0 Å². The standard InChI is InChI=1S/C13H16N4O3/c1-18-8-6-9(19-2)12(10(7-8)20-3)13-15-5-4-11(16-13)17-14/h4-7H,14H2,1-3H3,(H,15,16,17). The zero-order valence-electron chi connectivity index (χ0n) is 11.5. The molecule has 0 spiro atoms. The summed E-state index contributed by atoms with van der Waals surface area (Å²) >= 11 is 0. The highest BCUT2D eigenvalue weighted by molar-refractivity contribution is 5.74. The molecule has 0 fully saturated rings. The van der Waals surface area contributed by atoms with Crippen LogP contribution in [0.5, 0.6) is 17.2 Å². The van der Waals surface area contributed by atoms with Gasteiger partial charge >= 0.3 is 0 Å². The van der Waals surface area contributed by atoms with E-state index in [1.165, 1.54) is 0 Å². The summed E-state index contributed by atoms with van der Waals surface area (Å²) in [5.74, 6) is 8.02. The number of aromatic nitrogens is 2. The van der Waals surface area contributed by atoms with Crippen LogP contribution >= 0.6 is 0 Å². The van der Waals surface area contributed by atoms with Gasteiger partial charge in [0.05, 0.1) is 21.3 Å². The molecule has 0 atom stereocenters. The number of hydrogen-bond acceptors (Lipinski definition) is 7. The maximum Gasteiger partial charge on any atom is 0.169 e. The van der Waals surface area contributed by atoms with E-state index in [1.54, 1.807) is 45.7 Å². The third kappa shape index (κ3) is 2.57. The molecule has 106 valence electrons. The van der Waals surface area contributed by atoms with Crippen LogP contribution in [0.2, 0.25) is 0 Å². The Hall–Kier alpha value is -2.54. The molecule has 0 amide bonds. The van der Waals surface area contributed by atoms with Crippen molar-refractivity contribution < 1.29 is 14.2 Å². The second-order valence-corrected chi connectivity index (χ2v) is 3.82. The van der Waals surface area contributed by atoms with Crippen molar-refractivity contribution in [2.45, 2.75) is 0 Å². The number of ether oxygens (including phenoxy) is 3. The van der Waals surface area contributed by atoms with Crippen LogP contribution in [0.15, 0.2) is 24.4 Å². The fourth-order valence-corrected chi connectivity index (χ4v) is 1.79. The lowest BCUT2D eigenvalue weighted by Gasteiger charge is -2.14. The molecular weight excluding hydrogens is 260 g/mol. The van der Waals surface area contributed by atoms with E-state index < -0.39 is 0 Å². The highest BCUT2D eigenvalue weighted by Gasteiger charge is 2.17. The molecule has 3 N–H and O–H groups in total. The van der Waals surface area contributed by atoms with Crippen molar-refractivity contribution in [2.75, 3.05) is 26.8 Å². The van der Waals surface area contributed by atoms with Gasteiger partial charge in [0.1, 0.15) is 28.6 Å². The van der Waals surface area contributed by atoms with Crippen LogP contribution in [-0.4, -0.2) is 31.3 Å². The monoisotopic (exact) mass is 276 g/mol. The number of anilines is 1. The smallest absolute Gasteiger partial charge is 0.169 e. The molecule has 20 heavy (non-hydrogen) atoms. The fraction of sp³-hybridized carbons (Fsp3) is 0.231. The SMILES string of the molecule is COc1cc(OC)c(-c2nccc(NN)n2)c(OC)c1. The molecule has 1 aromatic heterocycles. The maximum absolute atomic E-state index is 5.37. The van der Waals surface area contributed by atoms with Gasteiger partial charge in [0.15, 0.2) is 5.82 Å². The molecule has 2 rings (SSSR count). The van der Waals surface area contributed by atoms with Gasteiger partial charge < -0.3 is 19.6 Å². The second-order valence-electron chi connectivity index (χ2n) is 3.82. The van der Waals surface area contributed by atoms with Crippen LogP contribution in [0.1, 0.15) is 0 Å². The predicted octanol–water partition coefficient (Wildman–Crippen LogP) is 1.45. The topological polar surface area (TPSA) is 91.5 Å². The predicted molar refractivity (Wildman–Crippen MR) is 74.9 cm³/mol. The number of benzene rings is 1. The lowest BCUT2D eigenvalue weighted by Crippen LogP contribution is -2.09. The van der Waals surface area contributed by atoms with Crippen LogP contribution in [0.25, 0.3) is 11.4 Å². The fourth-order valence-electron chi connectivity index (χ4n) is 1.79. The quantitative estimate of drug-likeness (QED) is 0.631. The lowest BCUT2D eigenvalue weighted by atomic mass is 10.1. The maximum atomic E-state index is 5.37. The van der Waals surface area contributed by atoms with Gasteiger partial charge in [0.2, 0.25) is 0 Å². The Morgan fingerprint density at radius 1 is 1.05 bits per heavy atom. The summed E-state index contributed by atoms with van der Waals surface area (Å²) in [6.07, 6.45) is 1.60. The van der Waals surface area contributed by atoms with Crippen molar-refractivity contribution in [1.29, 1.82) is 0 Å². The van der Waals surface area contributed by atoms with Gasteiger partial charge in [-0.25, -0.2) is 15.8 Å². The van der Waals surface area contributed by atoms with Gasteiger partial charge in [0, 0.05) is 24.4 Å². The van der Waals surface area contributed by atoms with E-state index in [-0.39, 0.29) is 0 Å². The summed E-state index contributed by atoms with van der Waals surface area (Å²) in [7, 11) is 4.69. The van der Waals surface area contributed by atoms with Crippen molar-refractivity contribution in [1.82, 2.24) is 9.97 Å². The van der Waals surface area contributed by atoms with Crippen molar-refractivity contribution in [2.24, 2.45) is 5.84 Å². The van der Waals surface area contributed by atoms with Gasteiger partial charge in [-0.1, -0.05) is 0 Å². The molecule has 0 aliphatic rings. The zero-order valence-corrected chi connectivity index (χ0v) is 11.5. The van der Waals surface area contributed by atoms with Crippen LogP contribution in [0.4, 0.5) is 5.82 Å². The first kappa shape index (κ1) is 13.9. The van der Waals surface area contributed by atoms with Gasteiger partial charge in [0.25, 0.3) is 0 Å². The number of hydrogen-bond donors (Lipinski definition) is 2. The minimum Gasteiger partial charge on any atom is -0.496 e. The minimum absolute atomic E-state index is 0.441. The first-order valence-corrected chi connectivity index (χ1v) is 5.83. The Morgan fingerprint density at radius 3 is 2.20 bits per heavy atom. The first-order chi connectivity index (χ1) is 9.73. The normalized spacial score (nSPS) is 10.0. The molecular formula is C13H16N4O3. The summed E-state index contributed by atoms with van der Waals surface area (Å²) in [5, 5.41) is 0. The van der Waals surface area contributed by atoms with E-state index in [2.05, 4.69) is 15.4 Å². The Bertz CT molecular complexity index is 579.